The Kier molecular flexibility index (Phi) is 7.30. The van der Waals surface area contributed by atoms with Crippen LogP contribution in [0.15, 0.2) is 53.5 Å². The molecule has 2 aromatic rings. The zero-order valence-corrected chi connectivity index (χ0v) is 14.8. The van der Waals surface area contributed by atoms with Gasteiger partial charge in [-0.15, -0.1) is 0 Å². The number of methoxy groups -OCH3 is 1. The molecule has 2 rings (SSSR count). The van der Waals surface area contributed by atoms with Gasteiger partial charge in [-0.1, -0.05) is 48.5 Å². The first kappa shape index (κ1) is 18.0. The molecule has 0 saturated carbocycles. The van der Waals surface area contributed by atoms with E-state index in [-0.39, 0.29) is 0 Å². The molecule has 0 amide bonds. The van der Waals surface area contributed by atoms with Crippen molar-refractivity contribution in [3.05, 3.63) is 70.8 Å². The lowest BCUT2D eigenvalue weighted by molar-refractivity contribution is 0.184. The van der Waals surface area contributed by atoms with Crippen molar-refractivity contribution < 1.29 is 4.74 Å². The molecule has 0 saturated heterocycles. The quantitative estimate of drug-likeness (QED) is 0.606. The highest BCUT2D eigenvalue weighted by atomic mass is 16.5. The highest BCUT2D eigenvalue weighted by Crippen LogP contribution is 2.11. The summed E-state index contributed by atoms with van der Waals surface area (Å²) in [5.41, 5.74) is 4.93. The lowest BCUT2D eigenvalue weighted by Crippen LogP contribution is -2.37. The number of ether oxygens (including phenoxy) is 1. The molecule has 0 aliphatic carbocycles. The van der Waals surface area contributed by atoms with E-state index < -0.39 is 0 Å². The molecule has 2 aromatic carbocycles. The maximum atomic E-state index is 5.26. The average molecular weight is 325 g/mol. The first-order valence-electron chi connectivity index (χ1n) is 8.37. The van der Waals surface area contributed by atoms with E-state index in [9.17, 15) is 0 Å². The minimum Gasteiger partial charge on any atom is -0.380 e. The van der Waals surface area contributed by atoms with Gasteiger partial charge in [0, 0.05) is 20.2 Å². The van der Waals surface area contributed by atoms with Crippen LogP contribution in [0.5, 0.6) is 0 Å². The lowest BCUT2D eigenvalue weighted by atomic mass is 10.1. The van der Waals surface area contributed by atoms with Crippen molar-refractivity contribution >= 4 is 5.96 Å². The fourth-order valence-electron chi connectivity index (χ4n) is 2.50. The second kappa shape index (κ2) is 9.73. The SMILES string of the molecule is CCNC(=NCc1ccccc1COC)NCc1ccccc1C. The highest BCUT2D eigenvalue weighted by Gasteiger charge is 2.03. The van der Waals surface area contributed by atoms with E-state index in [1.54, 1.807) is 7.11 Å². The highest BCUT2D eigenvalue weighted by molar-refractivity contribution is 5.79. The number of rotatable bonds is 7. The van der Waals surface area contributed by atoms with Crippen LogP contribution in [-0.2, 0) is 24.4 Å². The van der Waals surface area contributed by atoms with Gasteiger partial charge in [-0.25, -0.2) is 4.99 Å². The fourth-order valence-corrected chi connectivity index (χ4v) is 2.50. The van der Waals surface area contributed by atoms with Crippen LogP contribution in [0.4, 0.5) is 0 Å². The monoisotopic (exact) mass is 325 g/mol. The topological polar surface area (TPSA) is 45.7 Å². The predicted molar refractivity (Wildman–Crippen MR) is 100.0 cm³/mol. The smallest absolute Gasteiger partial charge is 0.191 e. The van der Waals surface area contributed by atoms with Gasteiger partial charge in [0.15, 0.2) is 5.96 Å². The summed E-state index contributed by atoms with van der Waals surface area (Å²) in [5, 5.41) is 6.71. The van der Waals surface area contributed by atoms with E-state index in [0.29, 0.717) is 13.2 Å². The van der Waals surface area contributed by atoms with E-state index >= 15 is 0 Å². The Morgan fingerprint density at radius 3 is 2.29 bits per heavy atom. The van der Waals surface area contributed by atoms with Gasteiger partial charge in [0.25, 0.3) is 0 Å². The summed E-state index contributed by atoms with van der Waals surface area (Å²) in [7, 11) is 1.72. The average Bonchev–Trinajstić information content (AvgIpc) is 2.60. The van der Waals surface area contributed by atoms with E-state index in [1.165, 1.54) is 22.3 Å². The summed E-state index contributed by atoms with van der Waals surface area (Å²) in [6.45, 7) is 7.03. The zero-order valence-electron chi connectivity index (χ0n) is 14.8. The number of nitrogens with one attached hydrogen (secondary N) is 2. The van der Waals surface area contributed by atoms with Gasteiger partial charge >= 0.3 is 0 Å². The third-order valence-corrected chi connectivity index (χ3v) is 3.88. The number of aliphatic imine (C=N–C) groups is 1. The second-order valence-corrected chi connectivity index (χ2v) is 5.68. The summed E-state index contributed by atoms with van der Waals surface area (Å²) >= 11 is 0. The van der Waals surface area contributed by atoms with Crippen LogP contribution < -0.4 is 10.6 Å². The Balaban J connectivity index is 2.04. The minimum absolute atomic E-state index is 0.610. The molecule has 128 valence electrons. The van der Waals surface area contributed by atoms with E-state index in [2.05, 4.69) is 60.9 Å². The molecule has 0 aliphatic heterocycles. The van der Waals surface area contributed by atoms with Gasteiger partial charge < -0.3 is 15.4 Å². The maximum absolute atomic E-state index is 5.26. The Hall–Kier alpha value is -2.33. The summed E-state index contributed by atoms with van der Waals surface area (Å²) in [6, 6.07) is 16.6. The van der Waals surface area contributed by atoms with Gasteiger partial charge in [0.05, 0.1) is 13.2 Å². The fraction of sp³-hybridized carbons (Fsp3) is 0.350. The van der Waals surface area contributed by atoms with Crippen LogP contribution in [-0.4, -0.2) is 19.6 Å². The van der Waals surface area contributed by atoms with Crippen molar-refractivity contribution in [2.24, 2.45) is 4.99 Å². The molecule has 0 heterocycles. The van der Waals surface area contributed by atoms with Crippen LogP contribution in [0.1, 0.15) is 29.2 Å². The Morgan fingerprint density at radius 1 is 0.958 bits per heavy atom. The number of aryl methyl sites for hydroxylation is 1. The van der Waals surface area contributed by atoms with E-state index in [1.807, 2.05) is 12.1 Å². The van der Waals surface area contributed by atoms with Crippen molar-refractivity contribution in [2.45, 2.75) is 33.5 Å². The molecule has 0 fully saturated rings. The summed E-state index contributed by atoms with van der Waals surface area (Å²) < 4.78 is 5.26. The molecule has 0 spiro atoms. The number of benzene rings is 2. The molecule has 0 aromatic heterocycles. The van der Waals surface area contributed by atoms with Gasteiger partial charge in [0.1, 0.15) is 0 Å². The molecule has 0 radical (unpaired) electrons. The largest absolute Gasteiger partial charge is 0.380 e. The molecular weight excluding hydrogens is 298 g/mol. The number of nitrogens with zero attached hydrogens (tertiary/aromatic N) is 1. The van der Waals surface area contributed by atoms with Crippen molar-refractivity contribution in [3.63, 3.8) is 0 Å². The van der Waals surface area contributed by atoms with E-state index in [0.717, 1.165) is 19.0 Å². The second-order valence-electron chi connectivity index (χ2n) is 5.68. The molecular formula is C20H27N3O. The molecule has 2 N–H and O–H groups in total. The third-order valence-electron chi connectivity index (χ3n) is 3.88. The van der Waals surface area contributed by atoms with Crippen LogP contribution in [0.2, 0.25) is 0 Å². The predicted octanol–water partition coefficient (Wildman–Crippen LogP) is 3.40. The molecule has 4 heteroatoms. The number of hydrogen-bond acceptors (Lipinski definition) is 2. The lowest BCUT2D eigenvalue weighted by Gasteiger charge is -2.13. The van der Waals surface area contributed by atoms with Crippen LogP contribution in [0, 0.1) is 6.92 Å². The zero-order chi connectivity index (χ0) is 17.2. The normalized spacial score (nSPS) is 11.4. The Labute approximate surface area is 145 Å². The van der Waals surface area contributed by atoms with Gasteiger partial charge in [-0.05, 0) is 36.1 Å². The van der Waals surface area contributed by atoms with Gasteiger partial charge in [-0.3, -0.25) is 0 Å². The van der Waals surface area contributed by atoms with Crippen molar-refractivity contribution in [1.29, 1.82) is 0 Å². The van der Waals surface area contributed by atoms with Crippen LogP contribution in [0.25, 0.3) is 0 Å². The van der Waals surface area contributed by atoms with Crippen LogP contribution in [0.3, 0.4) is 0 Å². The van der Waals surface area contributed by atoms with Crippen molar-refractivity contribution in [3.8, 4) is 0 Å². The van der Waals surface area contributed by atoms with E-state index in [4.69, 9.17) is 9.73 Å². The first-order chi connectivity index (χ1) is 11.7. The first-order valence-corrected chi connectivity index (χ1v) is 8.37. The molecule has 0 unspecified atom stereocenters. The van der Waals surface area contributed by atoms with Gasteiger partial charge in [-0.2, -0.15) is 0 Å². The van der Waals surface area contributed by atoms with Gasteiger partial charge in [0.2, 0.25) is 0 Å². The minimum atomic E-state index is 0.610. The number of guanidine groups is 1. The summed E-state index contributed by atoms with van der Waals surface area (Å²) in [5.74, 6) is 0.827. The molecule has 0 bridgehead atoms. The standard InChI is InChI=1S/C20H27N3O/c1-4-21-20(22-13-17-10-6-5-9-16(17)2)23-14-18-11-7-8-12-19(18)15-24-3/h5-12H,4,13-15H2,1-3H3,(H2,21,22,23). The number of hydrogen-bond donors (Lipinski definition) is 2. The van der Waals surface area contributed by atoms with Crippen molar-refractivity contribution in [2.75, 3.05) is 13.7 Å². The molecule has 4 nitrogen and oxygen atoms in total. The van der Waals surface area contributed by atoms with Crippen molar-refractivity contribution in [1.82, 2.24) is 10.6 Å². The third kappa shape index (κ3) is 5.39. The summed E-state index contributed by atoms with van der Waals surface area (Å²) in [4.78, 5) is 4.71. The molecule has 0 aliphatic rings. The maximum Gasteiger partial charge on any atom is 0.191 e. The molecule has 0 atom stereocenters. The Morgan fingerprint density at radius 2 is 1.62 bits per heavy atom. The van der Waals surface area contributed by atoms with Crippen LogP contribution >= 0.6 is 0 Å². The summed E-state index contributed by atoms with van der Waals surface area (Å²) in [6.07, 6.45) is 0. The Bertz CT molecular complexity index is 667. The molecule has 24 heavy (non-hydrogen) atoms.